The van der Waals surface area contributed by atoms with Gasteiger partial charge in [0.25, 0.3) is 0 Å². The Morgan fingerprint density at radius 3 is 2.25 bits per heavy atom. The van der Waals surface area contributed by atoms with Crippen LogP contribution in [-0.2, 0) is 4.79 Å². The molecule has 48 valence electrons. The van der Waals surface area contributed by atoms with E-state index in [2.05, 4.69) is 0 Å². The van der Waals surface area contributed by atoms with Crippen molar-refractivity contribution in [3.63, 3.8) is 0 Å². The average Bonchev–Trinajstić information content (AvgIpc) is 1.67. The molecule has 8 heavy (non-hydrogen) atoms. The van der Waals surface area contributed by atoms with Crippen molar-refractivity contribution in [3.05, 3.63) is 0 Å². The van der Waals surface area contributed by atoms with Crippen molar-refractivity contribution in [1.29, 1.82) is 0 Å². The van der Waals surface area contributed by atoms with Crippen LogP contribution in [0.15, 0.2) is 0 Å². The van der Waals surface area contributed by atoms with Crippen LogP contribution in [0.5, 0.6) is 0 Å². The van der Waals surface area contributed by atoms with Crippen LogP contribution in [-0.4, -0.2) is 22.8 Å². The Labute approximate surface area is 47.9 Å². The third kappa shape index (κ3) is 2.71. The molecule has 0 radical (unpaired) electrons. The molecule has 0 saturated heterocycles. The summed E-state index contributed by atoms with van der Waals surface area (Å²) >= 11 is 0. The van der Waals surface area contributed by atoms with Gasteiger partial charge in [0, 0.05) is 12.3 Å². The molecule has 0 saturated carbocycles. The maximum Gasteiger partial charge on any atom is 0.154 e. The second-order valence-electron chi connectivity index (χ2n) is 1.79. The molecule has 0 aliphatic heterocycles. The van der Waals surface area contributed by atoms with E-state index < -0.39 is 6.29 Å². The quantitative estimate of drug-likeness (QED) is 0.389. The Bertz CT molecular complexity index is 70.1. The number of carbonyl (C=O) groups excluding carboxylic acids is 1. The molecule has 1 atom stereocenters. The highest BCUT2D eigenvalue weighted by molar-refractivity contribution is 5.49. The van der Waals surface area contributed by atoms with Crippen molar-refractivity contribution < 1.29 is 15.0 Å². The van der Waals surface area contributed by atoms with Gasteiger partial charge >= 0.3 is 0 Å². The molecule has 0 spiro atoms. The number of aliphatic hydroxyl groups is 2. The number of rotatable bonds is 3. The van der Waals surface area contributed by atoms with Crippen molar-refractivity contribution in [2.45, 2.75) is 19.6 Å². The molecule has 0 rings (SSSR count). The van der Waals surface area contributed by atoms with Crippen molar-refractivity contribution in [2.24, 2.45) is 5.92 Å². The van der Waals surface area contributed by atoms with E-state index in [0.717, 1.165) is 0 Å². The molecule has 0 aromatic heterocycles. The minimum Gasteiger partial charge on any atom is -0.368 e. The fraction of sp³-hybridized carbons (Fsp3) is 0.800. The highest BCUT2D eigenvalue weighted by Crippen LogP contribution is 2.01. The van der Waals surface area contributed by atoms with E-state index in [4.69, 9.17) is 10.2 Å². The first-order chi connectivity index (χ1) is 3.68. The zero-order chi connectivity index (χ0) is 6.57. The monoisotopic (exact) mass is 118 g/mol. The first-order valence-electron chi connectivity index (χ1n) is 2.48. The van der Waals surface area contributed by atoms with E-state index in [0.29, 0.717) is 6.29 Å². The lowest BCUT2D eigenvalue weighted by atomic mass is 10.1. The average molecular weight is 118 g/mol. The van der Waals surface area contributed by atoms with Crippen LogP contribution in [0.1, 0.15) is 13.3 Å². The van der Waals surface area contributed by atoms with Gasteiger partial charge in [0.2, 0.25) is 0 Å². The largest absolute Gasteiger partial charge is 0.368 e. The molecule has 0 aliphatic rings. The first-order valence-corrected chi connectivity index (χ1v) is 2.48. The maximum absolute atomic E-state index is 9.70. The molecule has 3 nitrogen and oxygen atoms in total. The summed E-state index contributed by atoms with van der Waals surface area (Å²) in [7, 11) is 0. The summed E-state index contributed by atoms with van der Waals surface area (Å²) in [5.74, 6) is -0.340. The number of aldehydes is 1. The standard InChI is InChI=1S/C5H10O3/c1-4(2-3-6)5(7)8/h3-5,7-8H,2H2,1H3. The Hall–Kier alpha value is -0.410. The van der Waals surface area contributed by atoms with Crippen molar-refractivity contribution >= 4 is 6.29 Å². The summed E-state index contributed by atoms with van der Waals surface area (Å²) in [6.45, 7) is 1.60. The zero-order valence-electron chi connectivity index (χ0n) is 4.74. The number of hydrogen-bond donors (Lipinski definition) is 2. The molecule has 0 amide bonds. The van der Waals surface area contributed by atoms with Crippen LogP contribution in [0, 0.1) is 5.92 Å². The fourth-order valence-corrected chi connectivity index (χ4v) is 0.273. The Morgan fingerprint density at radius 2 is 2.12 bits per heavy atom. The van der Waals surface area contributed by atoms with Gasteiger partial charge in [-0.1, -0.05) is 6.92 Å². The number of hydrogen-bond acceptors (Lipinski definition) is 3. The van der Waals surface area contributed by atoms with Crippen molar-refractivity contribution in [2.75, 3.05) is 0 Å². The Balaban J connectivity index is 3.30. The second kappa shape index (κ2) is 3.57. The minimum atomic E-state index is -1.36. The van der Waals surface area contributed by atoms with Crippen molar-refractivity contribution in [1.82, 2.24) is 0 Å². The predicted octanol–water partition coefficient (Wildman–Crippen LogP) is -0.478. The van der Waals surface area contributed by atoms with Crippen molar-refractivity contribution in [3.8, 4) is 0 Å². The Kier molecular flexibility index (Phi) is 3.39. The molecule has 0 fully saturated rings. The predicted molar refractivity (Wildman–Crippen MR) is 28.1 cm³/mol. The van der Waals surface area contributed by atoms with E-state index in [1.54, 1.807) is 6.92 Å². The summed E-state index contributed by atoms with van der Waals surface area (Å²) in [6, 6.07) is 0. The second-order valence-corrected chi connectivity index (χ2v) is 1.79. The third-order valence-corrected chi connectivity index (χ3v) is 0.977. The van der Waals surface area contributed by atoms with E-state index in [9.17, 15) is 4.79 Å². The van der Waals surface area contributed by atoms with Crippen LogP contribution in [0.4, 0.5) is 0 Å². The topological polar surface area (TPSA) is 57.5 Å². The van der Waals surface area contributed by atoms with Gasteiger partial charge in [-0.25, -0.2) is 0 Å². The van der Waals surface area contributed by atoms with Crippen LogP contribution in [0.3, 0.4) is 0 Å². The molecule has 2 N–H and O–H groups in total. The van der Waals surface area contributed by atoms with Crippen LogP contribution < -0.4 is 0 Å². The SMILES string of the molecule is CC(CC=O)C(O)O. The molecule has 1 unspecified atom stereocenters. The first kappa shape index (κ1) is 7.59. The normalized spacial score (nSPS) is 14.0. The highest BCUT2D eigenvalue weighted by Gasteiger charge is 2.07. The summed E-state index contributed by atoms with van der Waals surface area (Å²) in [6.07, 6.45) is -0.484. The number of aliphatic hydroxyl groups excluding tert-OH is 1. The maximum atomic E-state index is 9.70. The minimum absolute atomic E-state index is 0.206. The fourth-order valence-electron chi connectivity index (χ4n) is 0.273. The molecular formula is C5H10O3. The summed E-state index contributed by atoms with van der Waals surface area (Å²) in [4.78, 5) is 9.70. The van der Waals surface area contributed by atoms with E-state index in [-0.39, 0.29) is 12.3 Å². The van der Waals surface area contributed by atoms with Gasteiger partial charge in [-0.05, 0) is 0 Å². The van der Waals surface area contributed by atoms with Crippen LogP contribution in [0.2, 0.25) is 0 Å². The van der Waals surface area contributed by atoms with E-state index in [1.165, 1.54) is 0 Å². The van der Waals surface area contributed by atoms with Gasteiger partial charge < -0.3 is 15.0 Å². The molecule has 3 heteroatoms. The summed E-state index contributed by atoms with van der Waals surface area (Å²) < 4.78 is 0. The number of carbonyl (C=O) groups is 1. The van der Waals surface area contributed by atoms with E-state index in [1.807, 2.05) is 0 Å². The third-order valence-electron chi connectivity index (χ3n) is 0.977. The molecule has 0 aromatic carbocycles. The van der Waals surface area contributed by atoms with Crippen LogP contribution >= 0.6 is 0 Å². The van der Waals surface area contributed by atoms with Gasteiger partial charge in [-0.15, -0.1) is 0 Å². The Morgan fingerprint density at radius 1 is 1.62 bits per heavy atom. The van der Waals surface area contributed by atoms with E-state index >= 15 is 0 Å². The lowest BCUT2D eigenvalue weighted by molar-refractivity contribution is -0.115. The highest BCUT2D eigenvalue weighted by atomic mass is 16.5. The molecule has 0 aliphatic carbocycles. The zero-order valence-corrected chi connectivity index (χ0v) is 4.74. The molecule has 0 bridgehead atoms. The summed E-state index contributed by atoms with van der Waals surface area (Å²) in [5.41, 5.74) is 0. The lowest BCUT2D eigenvalue weighted by Gasteiger charge is -2.07. The summed E-state index contributed by atoms with van der Waals surface area (Å²) in [5, 5.41) is 16.7. The molecule has 0 aromatic rings. The van der Waals surface area contributed by atoms with Crippen LogP contribution in [0.25, 0.3) is 0 Å². The van der Waals surface area contributed by atoms with Gasteiger partial charge in [-0.2, -0.15) is 0 Å². The molecule has 0 heterocycles. The van der Waals surface area contributed by atoms with Gasteiger partial charge in [0.05, 0.1) is 0 Å². The molecular weight excluding hydrogens is 108 g/mol. The van der Waals surface area contributed by atoms with Gasteiger partial charge in [-0.3, -0.25) is 0 Å². The smallest absolute Gasteiger partial charge is 0.154 e. The van der Waals surface area contributed by atoms with Gasteiger partial charge in [0.15, 0.2) is 6.29 Å². The van der Waals surface area contributed by atoms with Gasteiger partial charge in [0.1, 0.15) is 6.29 Å². The lowest BCUT2D eigenvalue weighted by Crippen LogP contribution is -2.16.